The molecule has 0 amide bonds. The zero-order valence-electron chi connectivity index (χ0n) is 14.9. The SMILES string of the molecule is CCCC(O)(C(O)CO)[Si](C)(O[Si](C)(C)C)O[Si](C)(C)C. The highest BCUT2D eigenvalue weighted by Crippen LogP contribution is 2.35. The second kappa shape index (κ2) is 7.35. The van der Waals surface area contributed by atoms with Gasteiger partial charge in [0.25, 0.3) is 0 Å². The number of rotatable bonds is 9. The minimum atomic E-state index is -3.11. The van der Waals surface area contributed by atoms with Gasteiger partial charge in [-0.05, 0) is 52.2 Å². The van der Waals surface area contributed by atoms with Crippen LogP contribution in [0.1, 0.15) is 19.8 Å². The fraction of sp³-hybridized carbons (Fsp3) is 1.00. The van der Waals surface area contributed by atoms with Gasteiger partial charge in [0.2, 0.25) is 0 Å². The van der Waals surface area contributed by atoms with Crippen molar-refractivity contribution < 1.29 is 23.5 Å². The maximum atomic E-state index is 11.2. The Labute approximate surface area is 132 Å². The molecule has 0 heterocycles. The molecule has 0 spiro atoms. The first-order valence-corrected chi connectivity index (χ1v) is 16.8. The molecule has 0 aliphatic rings. The molecule has 0 aromatic carbocycles. The molecule has 0 rings (SSSR count). The molecule has 2 atom stereocenters. The average Bonchev–Trinajstić information content (AvgIpc) is 2.22. The number of hydrogen-bond acceptors (Lipinski definition) is 5. The lowest BCUT2D eigenvalue weighted by molar-refractivity contribution is -0.0696. The molecule has 0 aliphatic heterocycles. The first kappa shape index (κ1) is 21.5. The zero-order valence-corrected chi connectivity index (χ0v) is 17.9. The van der Waals surface area contributed by atoms with Crippen molar-refractivity contribution in [1.82, 2.24) is 0 Å². The van der Waals surface area contributed by atoms with Crippen molar-refractivity contribution in [3.05, 3.63) is 0 Å². The molecule has 2 unspecified atom stereocenters. The summed E-state index contributed by atoms with van der Waals surface area (Å²) in [6.45, 7) is 15.5. The van der Waals surface area contributed by atoms with Gasteiger partial charge in [-0.2, -0.15) is 0 Å². The van der Waals surface area contributed by atoms with Crippen molar-refractivity contribution in [3.8, 4) is 0 Å². The molecule has 3 N–H and O–H groups in total. The first-order valence-electron chi connectivity index (χ1n) is 7.62. The number of hydrogen-bond donors (Lipinski definition) is 3. The summed E-state index contributed by atoms with van der Waals surface area (Å²) < 4.78 is 12.6. The summed E-state index contributed by atoms with van der Waals surface area (Å²) >= 11 is 0. The molecular weight excluding hydrogens is 320 g/mol. The molecule has 0 aliphatic carbocycles. The van der Waals surface area contributed by atoms with Crippen molar-refractivity contribution in [1.29, 1.82) is 0 Å². The van der Waals surface area contributed by atoms with Crippen molar-refractivity contribution in [2.24, 2.45) is 0 Å². The molecular formula is C13H34O5Si3. The van der Waals surface area contributed by atoms with Crippen LogP contribution in [0.2, 0.25) is 45.8 Å². The highest BCUT2D eigenvalue weighted by molar-refractivity contribution is 6.89. The van der Waals surface area contributed by atoms with E-state index < -0.39 is 43.1 Å². The average molecular weight is 355 g/mol. The minimum absolute atomic E-state index is 0.354. The summed E-state index contributed by atoms with van der Waals surface area (Å²) in [7, 11) is -7.08. The van der Waals surface area contributed by atoms with Gasteiger partial charge in [0.1, 0.15) is 11.3 Å². The topological polar surface area (TPSA) is 79.2 Å². The predicted octanol–water partition coefficient (Wildman–Crippen LogP) is 2.18. The van der Waals surface area contributed by atoms with Crippen LogP contribution >= 0.6 is 0 Å². The Morgan fingerprint density at radius 2 is 1.33 bits per heavy atom. The summed E-state index contributed by atoms with van der Waals surface area (Å²) in [6.07, 6.45) is -0.214. The molecule has 0 fully saturated rings. The Bertz CT molecular complexity index is 311. The Hall–Kier alpha value is 0.451. The van der Waals surface area contributed by atoms with E-state index in [1.165, 1.54) is 0 Å². The molecule has 0 saturated carbocycles. The fourth-order valence-electron chi connectivity index (χ4n) is 2.59. The summed E-state index contributed by atoms with van der Waals surface area (Å²) in [5.74, 6) is 0. The normalized spacial score (nSPS) is 18.4. The molecule has 128 valence electrons. The quantitative estimate of drug-likeness (QED) is 0.553. The van der Waals surface area contributed by atoms with Crippen molar-refractivity contribution in [3.63, 3.8) is 0 Å². The standard InChI is InChI=1S/C13H34O5Si3/c1-9-10-13(16,12(15)11-14)21(8,17-19(2,3)4)18-20(5,6)7/h12,14-16H,9-11H2,1-8H3. The highest BCUT2D eigenvalue weighted by atomic mass is 28.5. The van der Waals surface area contributed by atoms with Crippen LogP contribution in [0.25, 0.3) is 0 Å². The molecule has 21 heavy (non-hydrogen) atoms. The van der Waals surface area contributed by atoms with Gasteiger partial charge >= 0.3 is 8.56 Å². The van der Waals surface area contributed by atoms with Gasteiger partial charge in [0, 0.05) is 0 Å². The van der Waals surface area contributed by atoms with Gasteiger partial charge < -0.3 is 23.5 Å². The molecule has 0 radical (unpaired) electrons. The molecule has 0 aromatic rings. The maximum absolute atomic E-state index is 11.2. The third-order valence-electron chi connectivity index (χ3n) is 3.14. The van der Waals surface area contributed by atoms with E-state index in [0.717, 1.165) is 0 Å². The monoisotopic (exact) mass is 354 g/mol. The zero-order chi connectivity index (χ0) is 17.1. The number of aliphatic hydroxyl groups is 3. The lowest BCUT2D eigenvalue weighted by atomic mass is 10.1. The van der Waals surface area contributed by atoms with Gasteiger partial charge in [-0.15, -0.1) is 0 Å². The van der Waals surface area contributed by atoms with E-state index in [0.29, 0.717) is 12.8 Å². The van der Waals surface area contributed by atoms with Crippen LogP contribution in [-0.2, 0) is 8.23 Å². The van der Waals surface area contributed by atoms with Gasteiger partial charge in [-0.3, -0.25) is 0 Å². The summed E-state index contributed by atoms with van der Waals surface area (Å²) in [5, 5.41) is 29.3. The van der Waals surface area contributed by atoms with Crippen LogP contribution < -0.4 is 0 Å². The summed E-state index contributed by atoms with van der Waals surface area (Å²) in [5.41, 5.74) is 0. The Morgan fingerprint density at radius 3 is 1.57 bits per heavy atom. The Kier molecular flexibility index (Phi) is 7.50. The molecule has 0 bridgehead atoms. The smallest absolute Gasteiger partial charge is 0.350 e. The molecule has 8 heteroatoms. The van der Waals surface area contributed by atoms with Gasteiger partial charge in [0.05, 0.1) is 6.61 Å². The minimum Gasteiger partial charge on any atom is -0.435 e. The molecule has 0 saturated heterocycles. The van der Waals surface area contributed by atoms with Gasteiger partial charge in [-0.25, -0.2) is 0 Å². The van der Waals surface area contributed by atoms with Crippen LogP contribution in [0.15, 0.2) is 0 Å². The first-order chi connectivity index (χ1) is 9.21. The second-order valence-corrected chi connectivity index (χ2v) is 20.6. The van der Waals surface area contributed by atoms with E-state index in [-0.39, 0.29) is 0 Å². The van der Waals surface area contributed by atoms with Crippen LogP contribution in [0.3, 0.4) is 0 Å². The van der Waals surface area contributed by atoms with Gasteiger partial charge in [0.15, 0.2) is 16.6 Å². The number of aliphatic hydroxyl groups excluding tert-OH is 2. The Morgan fingerprint density at radius 1 is 0.952 bits per heavy atom. The molecule has 0 aromatic heterocycles. The molecule has 5 nitrogen and oxygen atoms in total. The van der Waals surface area contributed by atoms with E-state index >= 15 is 0 Å². The Balaban J connectivity index is 5.81. The summed E-state index contributed by atoms with van der Waals surface area (Å²) in [6, 6.07) is 0. The van der Waals surface area contributed by atoms with Crippen molar-refractivity contribution >= 4 is 25.2 Å². The third-order valence-corrected chi connectivity index (χ3v) is 13.3. The van der Waals surface area contributed by atoms with E-state index in [1.807, 2.05) is 52.8 Å². The lowest BCUT2D eigenvalue weighted by Crippen LogP contribution is -2.71. The van der Waals surface area contributed by atoms with Crippen molar-refractivity contribution in [2.75, 3.05) is 6.61 Å². The van der Waals surface area contributed by atoms with Crippen LogP contribution in [0.5, 0.6) is 0 Å². The van der Waals surface area contributed by atoms with Crippen LogP contribution in [0.4, 0.5) is 0 Å². The lowest BCUT2D eigenvalue weighted by Gasteiger charge is -2.49. The van der Waals surface area contributed by atoms with E-state index in [1.54, 1.807) is 0 Å². The third kappa shape index (κ3) is 6.22. The van der Waals surface area contributed by atoms with Crippen LogP contribution in [0, 0.1) is 0 Å². The van der Waals surface area contributed by atoms with Gasteiger partial charge in [-0.1, -0.05) is 13.3 Å². The predicted molar refractivity (Wildman–Crippen MR) is 93.4 cm³/mol. The van der Waals surface area contributed by atoms with Crippen molar-refractivity contribution in [2.45, 2.75) is 76.9 Å². The van der Waals surface area contributed by atoms with Crippen LogP contribution in [-0.4, -0.2) is 58.5 Å². The second-order valence-electron chi connectivity index (χ2n) is 7.75. The summed E-state index contributed by atoms with van der Waals surface area (Å²) in [4.78, 5) is 0. The maximum Gasteiger partial charge on any atom is 0.350 e. The van der Waals surface area contributed by atoms with E-state index in [9.17, 15) is 15.3 Å². The van der Waals surface area contributed by atoms with E-state index in [4.69, 9.17) is 8.23 Å². The fourth-order valence-corrected chi connectivity index (χ4v) is 15.3. The largest absolute Gasteiger partial charge is 0.435 e. The van der Waals surface area contributed by atoms with E-state index in [2.05, 4.69) is 0 Å². The highest BCUT2D eigenvalue weighted by Gasteiger charge is 2.59.